The lowest BCUT2D eigenvalue weighted by Gasteiger charge is -2.38. The Balaban J connectivity index is 1.44. The smallest absolute Gasteiger partial charge is 0.303 e. The molecule has 1 aliphatic rings. The Bertz CT molecular complexity index is 944. The van der Waals surface area contributed by atoms with Gasteiger partial charge in [0.2, 0.25) is 11.8 Å². The molecule has 0 saturated carbocycles. The number of hydrogen-bond acceptors (Lipinski definition) is 4. The first kappa shape index (κ1) is 27.4. The highest BCUT2D eigenvalue weighted by Gasteiger charge is 2.28. The number of carboxylic acids is 1. The predicted octanol–water partition coefficient (Wildman–Crippen LogP) is 4.27. The van der Waals surface area contributed by atoms with Gasteiger partial charge in [0, 0.05) is 57.2 Å². The van der Waals surface area contributed by atoms with Crippen LogP contribution in [0.4, 0.5) is 5.69 Å². The summed E-state index contributed by atoms with van der Waals surface area (Å²) in [6.07, 6.45) is 5.48. The number of nitrogens with zero attached hydrogens (tertiary/aromatic N) is 2. The van der Waals surface area contributed by atoms with Gasteiger partial charge in [0.05, 0.1) is 0 Å². The van der Waals surface area contributed by atoms with Crippen molar-refractivity contribution < 1.29 is 19.5 Å². The number of aliphatic carboxylic acids is 1. The number of likely N-dealkylation sites (tertiary alicyclic amines) is 1. The Morgan fingerprint density at radius 1 is 0.861 bits per heavy atom. The molecule has 36 heavy (non-hydrogen) atoms. The summed E-state index contributed by atoms with van der Waals surface area (Å²) in [4.78, 5) is 40.3. The van der Waals surface area contributed by atoms with Crippen LogP contribution in [0.2, 0.25) is 0 Å². The number of carboxylic acid groups (broad SMARTS) is 1. The molecule has 2 aromatic carbocycles. The van der Waals surface area contributed by atoms with Crippen molar-refractivity contribution in [2.24, 2.45) is 0 Å². The number of amides is 2. The van der Waals surface area contributed by atoms with Gasteiger partial charge in [-0.25, -0.2) is 0 Å². The van der Waals surface area contributed by atoms with Gasteiger partial charge in [-0.15, -0.1) is 0 Å². The molecular weight excluding hydrogens is 454 g/mol. The Hall–Kier alpha value is -3.19. The molecule has 0 aliphatic carbocycles. The molecule has 3 rings (SSSR count). The van der Waals surface area contributed by atoms with Crippen LogP contribution in [0.3, 0.4) is 0 Å². The van der Waals surface area contributed by atoms with Gasteiger partial charge in [-0.05, 0) is 56.2 Å². The van der Waals surface area contributed by atoms with E-state index in [9.17, 15) is 14.4 Å². The highest BCUT2D eigenvalue weighted by molar-refractivity contribution is 5.94. The fourth-order valence-electron chi connectivity index (χ4n) is 4.72. The average Bonchev–Trinajstić information content (AvgIpc) is 2.90. The number of nitrogens with one attached hydrogen (secondary N) is 1. The Morgan fingerprint density at radius 3 is 2.17 bits per heavy atom. The van der Waals surface area contributed by atoms with Gasteiger partial charge in [-0.1, -0.05) is 48.5 Å². The minimum absolute atomic E-state index is 0.0516. The van der Waals surface area contributed by atoms with Crippen molar-refractivity contribution in [3.63, 3.8) is 0 Å². The van der Waals surface area contributed by atoms with Crippen LogP contribution in [0.15, 0.2) is 60.7 Å². The molecule has 7 nitrogen and oxygen atoms in total. The van der Waals surface area contributed by atoms with E-state index in [0.29, 0.717) is 38.6 Å². The molecule has 2 amide bonds. The van der Waals surface area contributed by atoms with Crippen molar-refractivity contribution in [3.8, 4) is 0 Å². The summed E-state index contributed by atoms with van der Waals surface area (Å²) in [5, 5.41) is 11.4. The SMILES string of the molecule is O=C(O)CCCNC(=O)CCCCC(=O)N(c1ccccc1)C1CCN(CCc2ccccc2)CC1. The number of rotatable bonds is 14. The Kier molecular flexibility index (Phi) is 11.4. The van der Waals surface area contributed by atoms with Crippen LogP contribution < -0.4 is 10.2 Å². The van der Waals surface area contributed by atoms with Crippen LogP contribution in [0.1, 0.15) is 56.9 Å². The summed E-state index contributed by atoms with van der Waals surface area (Å²) >= 11 is 0. The van der Waals surface area contributed by atoms with E-state index in [-0.39, 0.29) is 24.3 Å². The lowest BCUT2D eigenvalue weighted by molar-refractivity contribution is -0.137. The molecule has 1 heterocycles. The van der Waals surface area contributed by atoms with E-state index in [2.05, 4.69) is 34.5 Å². The lowest BCUT2D eigenvalue weighted by atomic mass is 10.0. The summed E-state index contributed by atoms with van der Waals surface area (Å²) in [6.45, 7) is 3.37. The molecule has 2 aromatic rings. The molecule has 0 radical (unpaired) electrons. The number of carbonyl (C=O) groups is 3. The van der Waals surface area contributed by atoms with Crippen LogP contribution in [0.25, 0.3) is 0 Å². The maximum absolute atomic E-state index is 13.3. The van der Waals surface area contributed by atoms with Crippen LogP contribution in [-0.2, 0) is 20.8 Å². The summed E-state index contributed by atoms with van der Waals surface area (Å²) in [5.41, 5.74) is 2.30. The van der Waals surface area contributed by atoms with Gasteiger partial charge in [0.25, 0.3) is 0 Å². The molecule has 0 bridgehead atoms. The monoisotopic (exact) mass is 493 g/mol. The van der Waals surface area contributed by atoms with Crippen molar-refractivity contribution in [2.45, 2.75) is 63.8 Å². The topological polar surface area (TPSA) is 89.9 Å². The molecule has 1 saturated heterocycles. The second kappa shape index (κ2) is 15.0. The maximum atomic E-state index is 13.3. The third kappa shape index (κ3) is 9.46. The Morgan fingerprint density at radius 2 is 1.50 bits per heavy atom. The predicted molar refractivity (Wildman–Crippen MR) is 142 cm³/mol. The van der Waals surface area contributed by atoms with Crippen molar-refractivity contribution in [3.05, 3.63) is 66.2 Å². The molecule has 0 atom stereocenters. The van der Waals surface area contributed by atoms with E-state index in [1.165, 1.54) is 5.56 Å². The first-order valence-electron chi connectivity index (χ1n) is 13.1. The van der Waals surface area contributed by atoms with Gasteiger partial charge in [-0.3, -0.25) is 14.4 Å². The van der Waals surface area contributed by atoms with Crippen LogP contribution in [0, 0.1) is 0 Å². The van der Waals surface area contributed by atoms with E-state index in [1.54, 1.807) is 0 Å². The third-order valence-electron chi connectivity index (χ3n) is 6.72. The molecule has 1 fully saturated rings. The lowest BCUT2D eigenvalue weighted by Crippen LogP contribution is -2.48. The zero-order chi connectivity index (χ0) is 25.6. The van der Waals surface area contributed by atoms with Crippen LogP contribution in [-0.4, -0.2) is 60.0 Å². The maximum Gasteiger partial charge on any atom is 0.303 e. The van der Waals surface area contributed by atoms with E-state index >= 15 is 0 Å². The molecule has 2 N–H and O–H groups in total. The normalized spacial score (nSPS) is 14.3. The van der Waals surface area contributed by atoms with Crippen molar-refractivity contribution >= 4 is 23.5 Å². The minimum Gasteiger partial charge on any atom is -0.481 e. The zero-order valence-electron chi connectivity index (χ0n) is 21.1. The number of anilines is 1. The summed E-state index contributed by atoms with van der Waals surface area (Å²) in [6, 6.07) is 20.7. The second-order valence-electron chi connectivity index (χ2n) is 9.46. The minimum atomic E-state index is -0.858. The number of benzene rings is 2. The molecule has 0 aromatic heterocycles. The van der Waals surface area contributed by atoms with E-state index in [1.807, 2.05) is 41.3 Å². The van der Waals surface area contributed by atoms with E-state index < -0.39 is 5.97 Å². The fourth-order valence-corrected chi connectivity index (χ4v) is 4.72. The summed E-state index contributed by atoms with van der Waals surface area (Å²) in [5.74, 6) is -0.829. The number of hydrogen-bond donors (Lipinski definition) is 2. The summed E-state index contributed by atoms with van der Waals surface area (Å²) < 4.78 is 0. The van der Waals surface area contributed by atoms with Gasteiger partial charge in [0.1, 0.15) is 0 Å². The number of para-hydroxylation sites is 1. The standard InChI is InChI=1S/C29H39N3O4/c33-27(30-20-9-16-29(35)36)14-7-8-15-28(34)32(25-12-5-2-6-13-25)26-18-22-31(23-19-26)21-17-24-10-3-1-4-11-24/h1-6,10-13,26H,7-9,14-23H2,(H,30,33)(H,35,36). The number of carbonyl (C=O) groups excluding carboxylic acids is 2. The van der Waals surface area contributed by atoms with Crippen molar-refractivity contribution in [2.75, 3.05) is 31.1 Å². The van der Waals surface area contributed by atoms with Gasteiger partial charge in [0.15, 0.2) is 0 Å². The van der Waals surface area contributed by atoms with Crippen molar-refractivity contribution in [1.29, 1.82) is 0 Å². The number of unbranched alkanes of at least 4 members (excludes halogenated alkanes) is 1. The zero-order valence-corrected chi connectivity index (χ0v) is 21.1. The second-order valence-corrected chi connectivity index (χ2v) is 9.46. The largest absolute Gasteiger partial charge is 0.481 e. The van der Waals surface area contributed by atoms with E-state index in [0.717, 1.165) is 44.6 Å². The van der Waals surface area contributed by atoms with E-state index in [4.69, 9.17) is 5.11 Å². The molecular formula is C29H39N3O4. The fraction of sp³-hybridized carbons (Fsp3) is 0.483. The number of piperidine rings is 1. The molecule has 0 spiro atoms. The third-order valence-corrected chi connectivity index (χ3v) is 6.72. The average molecular weight is 494 g/mol. The highest BCUT2D eigenvalue weighted by atomic mass is 16.4. The van der Waals surface area contributed by atoms with Crippen molar-refractivity contribution in [1.82, 2.24) is 10.2 Å². The van der Waals surface area contributed by atoms with Gasteiger partial charge >= 0.3 is 5.97 Å². The summed E-state index contributed by atoms with van der Waals surface area (Å²) in [7, 11) is 0. The van der Waals surface area contributed by atoms with Gasteiger partial charge in [-0.2, -0.15) is 0 Å². The van der Waals surface area contributed by atoms with Crippen LogP contribution >= 0.6 is 0 Å². The quantitative estimate of drug-likeness (QED) is 0.384. The van der Waals surface area contributed by atoms with Gasteiger partial charge < -0.3 is 20.2 Å². The highest BCUT2D eigenvalue weighted by Crippen LogP contribution is 2.25. The Labute approximate surface area is 214 Å². The molecule has 0 unspecified atom stereocenters. The molecule has 1 aliphatic heterocycles. The first-order chi connectivity index (χ1) is 17.5. The first-order valence-corrected chi connectivity index (χ1v) is 13.1. The molecule has 7 heteroatoms. The van der Waals surface area contributed by atoms with Crippen LogP contribution in [0.5, 0.6) is 0 Å². The molecule has 194 valence electrons.